The molecule has 0 saturated carbocycles. The van der Waals surface area contributed by atoms with Crippen LogP contribution in [0.5, 0.6) is 0 Å². The number of aromatic nitrogens is 2. The molecule has 1 aromatic carbocycles. The fraction of sp³-hybridized carbons (Fsp3) is 0.400. The number of hydrogen-bond donors (Lipinski definition) is 2. The normalized spacial score (nSPS) is 17.1. The lowest BCUT2D eigenvalue weighted by atomic mass is 10.1. The number of ether oxygens (including phenoxy) is 1. The van der Waals surface area contributed by atoms with Crippen molar-refractivity contribution in [2.24, 2.45) is 0 Å². The van der Waals surface area contributed by atoms with E-state index < -0.39 is 0 Å². The molecule has 5 heteroatoms. The van der Waals surface area contributed by atoms with Gasteiger partial charge in [0, 0.05) is 19.0 Å². The van der Waals surface area contributed by atoms with Crippen LogP contribution in [-0.2, 0) is 17.7 Å². The summed E-state index contributed by atoms with van der Waals surface area (Å²) in [6.45, 7) is 1.45. The van der Waals surface area contributed by atoms with E-state index in [0.29, 0.717) is 12.6 Å². The first-order valence-corrected chi connectivity index (χ1v) is 6.92. The van der Waals surface area contributed by atoms with Crippen molar-refractivity contribution in [3.8, 4) is 0 Å². The number of nitrogens with zero attached hydrogens (tertiary/aromatic N) is 2. The lowest BCUT2D eigenvalue weighted by Crippen LogP contribution is -2.07. The summed E-state index contributed by atoms with van der Waals surface area (Å²) in [4.78, 5) is 0. The molecular formula is C15H20N4O. The first kappa shape index (κ1) is 13.0. The average Bonchev–Trinajstić information content (AvgIpc) is 3.04. The lowest BCUT2D eigenvalue weighted by Gasteiger charge is -2.13. The smallest absolute Gasteiger partial charge is 0.0731 e. The van der Waals surface area contributed by atoms with Gasteiger partial charge in [0.2, 0.25) is 0 Å². The van der Waals surface area contributed by atoms with Crippen LogP contribution in [0.1, 0.15) is 23.6 Å². The Hall–Kier alpha value is -2.01. The van der Waals surface area contributed by atoms with Gasteiger partial charge in [-0.1, -0.05) is 6.07 Å². The van der Waals surface area contributed by atoms with Crippen molar-refractivity contribution in [1.82, 2.24) is 9.78 Å². The van der Waals surface area contributed by atoms with Crippen molar-refractivity contribution in [3.63, 3.8) is 0 Å². The number of benzene rings is 1. The predicted molar refractivity (Wildman–Crippen MR) is 79.6 cm³/mol. The largest absolute Gasteiger partial charge is 0.399 e. The minimum Gasteiger partial charge on any atom is -0.399 e. The second kappa shape index (κ2) is 5.54. The summed E-state index contributed by atoms with van der Waals surface area (Å²) in [6.07, 6.45) is 6.07. The molecule has 3 N–H and O–H groups in total. The minimum atomic E-state index is 0.352. The van der Waals surface area contributed by atoms with Gasteiger partial charge in [-0.05, 0) is 36.1 Å². The van der Waals surface area contributed by atoms with E-state index >= 15 is 0 Å². The van der Waals surface area contributed by atoms with E-state index in [1.807, 2.05) is 23.1 Å². The molecule has 1 aliphatic carbocycles. The lowest BCUT2D eigenvalue weighted by molar-refractivity contribution is 0.183. The number of fused-ring (bicyclic) bond motifs is 1. The van der Waals surface area contributed by atoms with Crippen LogP contribution >= 0.6 is 0 Å². The van der Waals surface area contributed by atoms with Crippen LogP contribution in [0, 0.1) is 0 Å². The molecule has 0 radical (unpaired) electrons. The van der Waals surface area contributed by atoms with Gasteiger partial charge in [-0.3, -0.25) is 4.68 Å². The second-order valence-electron chi connectivity index (χ2n) is 5.18. The van der Waals surface area contributed by atoms with E-state index in [2.05, 4.69) is 22.5 Å². The maximum Gasteiger partial charge on any atom is 0.0731 e. The summed E-state index contributed by atoms with van der Waals surface area (Å²) >= 11 is 0. The molecule has 1 heterocycles. The van der Waals surface area contributed by atoms with Crippen LogP contribution in [0.4, 0.5) is 11.4 Å². The van der Waals surface area contributed by atoms with Crippen LogP contribution in [0.15, 0.2) is 30.6 Å². The van der Waals surface area contributed by atoms with Crippen molar-refractivity contribution in [3.05, 3.63) is 41.7 Å². The third-order valence-corrected chi connectivity index (χ3v) is 3.74. The SMILES string of the molecule is COCCn1cc(NC2CCc3cc(N)ccc32)cn1. The van der Waals surface area contributed by atoms with Gasteiger partial charge < -0.3 is 15.8 Å². The second-order valence-corrected chi connectivity index (χ2v) is 5.18. The number of nitrogens with one attached hydrogen (secondary N) is 1. The van der Waals surface area contributed by atoms with Crippen molar-refractivity contribution >= 4 is 11.4 Å². The van der Waals surface area contributed by atoms with Crippen LogP contribution in [0.2, 0.25) is 0 Å². The van der Waals surface area contributed by atoms with E-state index in [-0.39, 0.29) is 0 Å². The van der Waals surface area contributed by atoms with E-state index in [4.69, 9.17) is 10.5 Å². The molecule has 20 heavy (non-hydrogen) atoms. The summed E-state index contributed by atoms with van der Waals surface area (Å²) in [5.41, 5.74) is 10.4. The zero-order valence-electron chi connectivity index (χ0n) is 11.7. The van der Waals surface area contributed by atoms with E-state index in [0.717, 1.165) is 30.8 Å². The van der Waals surface area contributed by atoms with Gasteiger partial charge in [0.25, 0.3) is 0 Å². The Balaban J connectivity index is 1.69. The highest BCUT2D eigenvalue weighted by molar-refractivity contribution is 5.51. The molecule has 5 nitrogen and oxygen atoms in total. The molecule has 0 fully saturated rings. The first-order chi connectivity index (χ1) is 9.76. The molecule has 2 aromatic rings. The Labute approximate surface area is 118 Å². The number of anilines is 2. The fourth-order valence-corrected chi connectivity index (χ4v) is 2.73. The Kier molecular flexibility index (Phi) is 3.60. The highest BCUT2D eigenvalue weighted by atomic mass is 16.5. The summed E-state index contributed by atoms with van der Waals surface area (Å²) < 4.78 is 6.95. The molecule has 106 valence electrons. The number of methoxy groups -OCH3 is 1. The third kappa shape index (κ3) is 2.63. The quantitative estimate of drug-likeness (QED) is 0.819. The molecule has 0 bridgehead atoms. The van der Waals surface area contributed by atoms with Gasteiger partial charge in [-0.2, -0.15) is 5.10 Å². The highest BCUT2D eigenvalue weighted by Gasteiger charge is 2.22. The molecular weight excluding hydrogens is 252 g/mol. The molecule has 0 amide bonds. The topological polar surface area (TPSA) is 65.1 Å². The molecule has 3 rings (SSSR count). The first-order valence-electron chi connectivity index (χ1n) is 6.92. The highest BCUT2D eigenvalue weighted by Crippen LogP contribution is 2.34. The fourth-order valence-electron chi connectivity index (χ4n) is 2.73. The Morgan fingerprint density at radius 3 is 3.25 bits per heavy atom. The maximum atomic E-state index is 5.83. The Morgan fingerprint density at radius 1 is 1.50 bits per heavy atom. The number of nitrogens with two attached hydrogens (primary N) is 1. The minimum absolute atomic E-state index is 0.352. The molecule has 1 aliphatic rings. The summed E-state index contributed by atoms with van der Waals surface area (Å²) in [6, 6.07) is 6.54. The van der Waals surface area contributed by atoms with Crippen molar-refractivity contribution in [1.29, 1.82) is 0 Å². The van der Waals surface area contributed by atoms with E-state index in [1.165, 1.54) is 11.1 Å². The number of aryl methyl sites for hydroxylation is 1. The standard InChI is InChI=1S/C15H20N4O/c1-20-7-6-19-10-13(9-17-19)18-15-5-2-11-8-12(16)3-4-14(11)15/h3-4,8-10,15,18H,2,5-7,16H2,1H3. The van der Waals surface area contributed by atoms with Crippen LogP contribution in [0.25, 0.3) is 0 Å². The van der Waals surface area contributed by atoms with Crippen LogP contribution < -0.4 is 11.1 Å². The van der Waals surface area contributed by atoms with Crippen molar-refractivity contribution < 1.29 is 4.74 Å². The van der Waals surface area contributed by atoms with Crippen LogP contribution in [-0.4, -0.2) is 23.5 Å². The third-order valence-electron chi connectivity index (χ3n) is 3.74. The summed E-state index contributed by atoms with van der Waals surface area (Å²) in [5, 5.41) is 7.87. The zero-order valence-corrected chi connectivity index (χ0v) is 11.7. The monoisotopic (exact) mass is 272 g/mol. The molecule has 0 spiro atoms. The number of hydrogen-bond acceptors (Lipinski definition) is 4. The molecule has 1 atom stereocenters. The summed E-state index contributed by atoms with van der Waals surface area (Å²) in [5.74, 6) is 0. The summed E-state index contributed by atoms with van der Waals surface area (Å²) in [7, 11) is 1.70. The maximum absolute atomic E-state index is 5.83. The van der Waals surface area contributed by atoms with Gasteiger partial charge >= 0.3 is 0 Å². The zero-order chi connectivity index (χ0) is 13.9. The van der Waals surface area contributed by atoms with Gasteiger partial charge in [-0.25, -0.2) is 0 Å². The van der Waals surface area contributed by atoms with Crippen molar-refractivity contribution in [2.45, 2.75) is 25.4 Å². The predicted octanol–water partition coefficient (Wildman–Crippen LogP) is 2.21. The molecule has 1 unspecified atom stereocenters. The number of rotatable bonds is 5. The van der Waals surface area contributed by atoms with Crippen molar-refractivity contribution in [2.75, 3.05) is 24.8 Å². The molecule has 0 aliphatic heterocycles. The van der Waals surface area contributed by atoms with E-state index in [1.54, 1.807) is 7.11 Å². The Bertz CT molecular complexity index is 593. The Morgan fingerprint density at radius 2 is 2.40 bits per heavy atom. The van der Waals surface area contributed by atoms with Gasteiger partial charge in [0.1, 0.15) is 0 Å². The van der Waals surface area contributed by atoms with E-state index in [9.17, 15) is 0 Å². The van der Waals surface area contributed by atoms with Gasteiger partial charge in [-0.15, -0.1) is 0 Å². The van der Waals surface area contributed by atoms with Gasteiger partial charge in [0.15, 0.2) is 0 Å². The number of nitrogen functional groups attached to an aromatic ring is 1. The average molecular weight is 272 g/mol. The van der Waals surface area contributed by atoms with Crippen LogP contribution in [0.3, 0.4) is 0 Å². The molecule has 0 saturated heterocycles. The van der Waals surface area contributed by atoms with Gasteiger partial charge in [0.05, 0.1) is 31.1 Å². The molecule has 1 aromatic heterocycles.